The molecule has 1 amide bonds. The fourth-order valence-corrected chi connectivity index (χ4v) is 7.94. The van der Waals surface area contributed by atoms with E-state index in [-0.39, 0.29) is 16.5 Å². The van der Waals surface area contributed by atoms with E-state index in [9.17, 15) is 21.6 Å². The Bertz CT molecular complexity index is 1110. The molecule has 2 N–H and O–H groups in total. The van der Waals surface area contributed by atoms with E-state index in [2.05, 4.69) is 15.8 Å². The number of sulfone groups is 2. The number of amides is 1. The molecule has 2 heterocycles. The molecule has 1 aliphatic heterocycles. The molecule has 1 aromatic heterocycles. The van der Waals surface area contributed by atoms with Gasteiger partial charge < -0.3 is 15.2 Å². The Balaban J connectivity index is 1.79. The van der Waals surface area contributed by atoms with Crippen molar-refractivity contribution in [1.29, 1.82) is 0 Å². The van der Waals surface area contributed by atoms with E-state index in [1.807, 2.05) is 0 Å². The zero-order chi connectivity index (χ0) is 21.4. The summed E-state index contributed by atoms with van der Waals surface area (Å²) >= 11 is 5.81. The summed E-state index contributed by atoms with van der Waals surface area (Å²) in [6.45, 7) is 3.18. The van der Waals surface area contributed by atoms with E-state index in [0.29, 0.717) is 10.8 Å². The number of aryl methyl sites for hydroxylation is 1. The van der Waals surface area contributed by atoms with Gasteiger partial charge in [0.05, 0.1) is 27.7 Å². The predicted octanol–water partition coefficient (Wildman–Crippen LogP) is 1.19. The number of hydrogen-bond donors (Lipinski definition) is 2. The van der Waals surface area contributed by atoms with Crippen molar-refractivity contribution >= 4 is 43.0 Å². The fourth-order valence-electron chi connectivity index (χ4n) is 3.13. The van der Waals surface area contributed by atoms with Crippen LogP contribution in [0.3, 0.4) is 0 Å². The lowest BCUT2D eigenvalue weighted by molar-refractivity contribution is -0.118. The van der Waals surface area contributed by atoms with Gasteiger partial charge in [-0.15, -0.1) is 0 Å². The van der Waals surface area contributed by atoms with Crippen LogP contribution in [-0.4, -0.2) is 56.7 Å². The molecule has 0 saturated carbocycles. The second-order valence-corrected chi connectivity index (χ2v) is 11.7. The number of carbonyl (C=O) groups excluding carboxylic acids is 1. The Kier molecular flexibility index (Phi) is 6.04. The third kappa shape index (κ3) is 4.97. The highest BCUT2D eigenvalue weighted by atomic mass is 35.5. The molecule has 1 aliphatic rings. The van der Waals surface area contributed by atoms with Gasteiger partial charge in [-0.3, -0.25) is 4.79 Å². The summed E-state index contributed by atoms with van der Waals surface area (Å²) in [5.41, 5.74) is 0. The molecule has 158 valence electrons. The second kappa shape index (κ2) is 8.05. The predicted molar refractivity (Wildman–Crippen MR) is 107 cm³/mol. The van der Waals surface area contributed by atoms with E-state index in [0.717, 1.165) is 0 Å². The molecule has 3 rings (SSSR count). The Labute approximate surface area is 173 Å². The normalized spacial score (nSPS) is 22.3. The number of aromatic nitrogens is 1. The molecular weight excluding hydrogens is 442 g/mol. The Morgan fingerprint density at radius 3 is 2.52 bits per heavy atom. The van der Waals surface area contributed by atoms with E-state index in [4.69, 9.17) is 16.1 Å². The Morgan fingerprint density at radius 2 is 1.93 bits per heavy atom. The SMILES string of the molecule is Cc1cc(NC(=O)[C@H](C)N[C@H]2CS(=O)(=O)C[C@@H]2S(=O)(=O)c2ccc(Cl)cc2)no1. The zero-order valence-corrected chi connectivity index (χ0v) is 18.0. The number of halogens is 1. The number of benzene rings is 1. The monoisotopic (exact) mass is 461 g/mol. The van der Waals surface area contributed by atoms with Crippen LogP contribution in [0, 0.1) is 6.92 Å². The summed E-state index contributed by atoms with van der Waals surface area (Å²) in [4.78, 5) is 12.3. The van der Waals surface area contributed by atoms with Gasteiger partial charge in [0.15, 0.2) is 25.5 Å². The number of nitrogens with one attached hydrogen (secondary N) is 2. The first-order valence-electron chi connectivity index (χ1n) is 8.68. The minimum absolute atomic E-state index is 0.0222. The van der Waals surface area contributed by atoms with Crippen LogP contribution in [0.4, 0.5) is 5.82 Å². The second-order valence-electron chi connectivity index (χ2n) is 6.92. The average Bonchev–Trinajstić information content (AvgIpc) is 3.17. The average molecular weight is 462 g/mol. The van der Waals surface area contributed by atoms with Crippen LogP contribution in [0.1, 0.15) is 12.7 Å². The number of carbonyl (C=O) groups is 1. The van der Waals surface area contributed by atoms with Gasteiger partial charge in [0.1, 0.15) is 5.76 Å². The van der Waals surface area contributed by atoms with Crippen molar-refractivity contribution in [3.8, 4) is 0 Å². The van der Waals surface area contributed by atoms with E-state index in [1.165, 1.54) is 37.3 Å². The summed E-state index contributed by atoms with van der Waals surface area (Å²) in [6, 6.07) is 5.24. The van der Waals surface area contributed by atoms with Crippen LogP contribution < -0.4 is 10.6 Å². The van der Waals surface area contributed by atoms with Crippen LogP contribution >= 0.6 is 11.6 Å². The van der Waals surface area contributed by atoms with Gasteiger partial charge in [-0.2, -0.15) is 0 Å². The summed E-state index contributed by atoms with van der Waals surface area (Å²) in [5.74, 6) is -0.676. The first-order valence-corrected chi connectivity index (χ1v) is 12.4. The number of rotatable bonds is 6. The summed E-state index contributed by atoms with van der Waals surface area (Å²) in [7, 11) is -7.56. The maximum absolute atomic E-state index is 13.0. The molecule has 1 aromatic carbocycles. The van der Waals surface area contributed by atoms with Gasteiger partial charge in [0.25, 0.3) is 0 Å². The molecule has 9 nitrogen and oxygen atoms in total. The summed E-state index contributed by atoms with van der Waals surface area (Å²) in [6.07, 6.45) is 0. The zero-order valence-electron chi connectivity index (χ0n) is 15.6. The van der Waals surface area contributed by atoms with Gasteiger partial charge in [0.2, 0.25) is 5.91 Å². The van der Waals surface area contributed by atoms with E-state index in [1.54, 1.807) is 6.92 Å². The fraction of sp³-hybridized carbons (Fsp3) is 0.412. The Hall–Kier alpha value is -1.95. The maximum atomic E-state index is 13.0. The third-order valence-electron chi connectivity index (χ3n) is 4.58. The minimum Gasteiger partial charge on any atom is -0.360 e. The van der Waals surface area contributed by atoms with Gasteiger partial charge >= 0.3 is 0 Å². The lowest BCUT2D eigenvalue weighted by atomic mass is 10.2. The first-order chi connectivity index (χ1) is 13.5. The third-order valence-corrected chi connectivity index (χ3v) is 9.00. The van der Waals surface area contributed by atoms with Gasteiger partial charge in [-0.05, 0) is 38.1 Å². The lowest BCUT2D eigenvalue weighted by Gasteiger charge is -2.23. The standard InChI is InChI=1S/C17H20ClN3O6S2/c1-10-7-16(21-27-10)20-17(22)11(2)19-14-8-28(23,24)9-15(14)29(25,26)13-5-3-12(18)4-6-13/h3-7,11,14-15,19H,8-9H2,1-2H3,(H,20,21,22)/t11-,14-,15-/m0/s1. The van der Waals surface area contributed by atoms with Crippen LogP contribution in [-0.2, 0) is 24.5 Å². The Morgan fingerprint density at radius 1 is 1.28 bits per heavy atom. The molecule has 0 aliphatic carbocycles. The van der Waals surface area contributed by atoms with Crippen molar-refractivity contribution in [3.05, 3.63) is 41.1 Å². The largest absolute Gasteiger partial charge is 0.360 e. The number of anilines is 1. The quantitative estimate of drug-likeness (QED) is 0.654. The lowest BCUT2D eigenvalue weighted by Crippen LogP contribution is -2.50. The molecule has 1 saturated heterocycles. The van der Waals surface area contributed by atoms with Crippen molar-refractivity contribution in [2.75, 3.05) is 16.8 Å². The van der Waals surface area contributed by atoms with Gasteiger partial charge in [-0.25, -0.2) is 16.8 Å². The molecule has 12 heteroatoms. The molecule has 0 radical (unpaired) electrons. The van der Waals surface area contributed by atoms with Gasteiger partial charge in [0, 0.05) is 17.1 Å². The maximum Gasteiger partial charge on any atom is 0.242 e. The van der Waals surface area contributed by atoms with Crippen LogP contribution in [0.2, 0.25) is 5.02 Å². The highest BCUT2D eigenvalue weighted by Gasteiger charge is 2.46. The van der Waals surface area contributed by atoms with Crippen molar-refractivity contribution in [2.24, 2.45) is 0 Å². The molecule has 0 spiro atoms. The molecule has 2 aromatic rings. The number of nitrogens with zero attached hydrogens (tertiary/aromatic N) is 1. The van der Waals surface area contributed by atoms with Crippen molar-refractivity contribution in [2.45, 2.75) is 36.1 Å². The van der Waals surface area contributed by atoms with Crippen LogP contribution in [0.5, 0.6) is 0 Å². The summed E-state index contributed by atoms with van der Waals surface area (Å²) in [5, 5.41) is 8.17. The van der Waals surface area contributed by atoms with Gasteiger partial charge in [-0.1, -0.05) is 16.8 Å². The van der Waals surface area contributed by atoms with E-state index >= 15 is 0 Å². The van der Waals surface area contributed by atoms with Crippen molar-refractivity contribution in [1.82, 2.24) is 10.5 Å². The molecule has 3 atom stereocenters. The molecular formula is C17H20ClN3O6S2. The number of hydrogen-bond acceptors (Lipinski definition) is 8. The van der Waals surface area contributed by atoms with Crippen molar-refractivity contribution < 1.29 is 26.2 Å². The smallest absolute Gasteiger partial charge is 0.242 e. The molecule has 0 unspecified atom stereocenters. The molecule has 0 bridgehead atoms. The first kappa shape index (κ1) is 21.8. The van der Waals surface area contributed by atoms with Crippen LogP contribution in [0.15, 0.2) is 39.8 Å². The summed E-state index contributed by atoms with van der Waals surface area (Å²) < 4.78 is 55.3. The minimum atomic E-state index is -3.96. The molecule has 1 fully saturated rings. The highest BCUT2D eigenvalue weighted by molar-refractivity contribution is 7.96. The molecule has 29 heavy (non-hydrogen) atoms. The van der Waals surface area contributed by atoms with Crippen LogP contribution in [0.25, 0.3) is 0 Å². The highest BCUT2D eigenvalue weighted by Crippen LogP contribution is 2.27. The van der Waals surface area contributed by atoms with E-state index < -0.39 is 48.7 Å². The van der Waals surface area contributed by atoms with Crippen molar-refractivity contribution in [3.63, 3.8) is 0 Å². The topological polar surface area (TPSA) is 135 Å².